The quantitative estimate of drug-likeness (QED) is 0.735. The molecule has 1 aliphatic heterocycles. The van der Waals surface area contributed by atoms with Crippen molar-refractivity contribution in [1.29, 1.82) is 0 Å². The number of hydrogen-bond donors (Lipinski definition) is 1. The molecule has 100 valence electrons. The van der Waals surface area contributed by atoms with Crippen molar-refractivity contribution < 1.29 is 4.52 Å². The Kier molecular flexibility index (Phi) is 4.18. The average molecular weight is 434 g/mol. The van der Waals surface area contributed by atoms with Crippen molar-refractivity contribution in [3.63, 3.8) is 0 Å². The molecule has 0 spiro atoms. The Morgan fingerprint density at radius 3 is 2.89 bits per heavy atom. The average Bonchev–Trinajstić information content (AvgIpc) is 2.92. The zero-order chi connectivity index (χ0) is 13.2. The summed E-state index contributed by atoms with van der Waals surface area (Å²) in [6.07, 6.45) is 2.16. The molecule has 0 radical (unpaired) electrons. The highest BCUT2D eigenvalue weighted by molar-refractivity contribution is 14.1. The van der Waals surface area contributed by atoms with Crippen LogP contribution in [-0.2, 0) is 0 Å². The molecule has 19 heavy (non-hydrogen) atoms. The summed E-state index contributed by atoms with van der Waals surface area (Å²) in [5.41, 5.74) is 0.989. The first-order valence-electron chi connectivity index (χ1n) is 6.24. The van der Waals surface area contributed by atoms with Crippen LogP contribution in [0.1, 0.15) is 24.6 Å². The predicted octanol–water partition coefficient (Wildman–Crippen LogP) is 3.57. The van der Waals surface area contributed by atoms with Crippen molar-refractivity contribution in [1.82, 2.24) is 15.5 Å². The van der Waals surface area contributed by atoms with Crippen LogP contribution in [-0.4, -0.2) is 23.2 Å². The first-order valence-corrected chi connectivity index (χ1v) is 8.11. The second kappa shape index (κ2) is 5.88. The molecule has 1 aromatic heterocycles. The highest BCUT2D eigenvalue weighted by Crippen LogP contribution is 2.29. The predicted molar refractivity (Wildman–Crippen MR) is 85.0 cm³/mol. The summed E-state index contributed by atoms with van der Waals surface area (Å²) in [6.45, 7) is 2.06. The van der Waals surface area contributed by atoms with E-state index in [1.807, 2.05) is 18.2 Å². The fourth-order valence-corrected chi connectivity index (χ4v) is 3.18. The second-order valence-electron chi connectivity index (χ2n) is 4.61. The Bertz CT molecular complexity index is 581. The summed E-state index contributed by atoms with van der Waals surface area (Å²) >= 11 is 5.76. The molecule has 0 bridgehead atoms. The van der Waals surface area contributed by atoms with Crippen LogP contribution in [0.25, 0.3) is 11.5 Å². The molecule has 0 amide bonds. The summed E-state index contributed by atoms with van der Waals surface area (Å²) < 4.78 is 7.56. The van der Waals surface area contributed by atoms with E-state index in [2.05, 4.69) is 54.0 Å². The van der Waals surface area contributed by atoms with E-state index < -0.39 is 0 Å². The number of benzene rings is 1. The van der Waals surface area contributed by atoms with Crippen molar-refractivity contribution in [2.24, 2.45) is 0 Å². The molecule has 1 N–H and O–H groups in total. The Morgan fingerprint density at radius 1 is 1.32 bits per heavy atom. The normalized spacial score (nSPS) is 16.7. The van der Waals surface area contributed by atoms with Gasteiger partial charge in [-0.05, 0) is 66.7 Å². The van der Waals surface area contributed by atoms with Crippen LogP contribution in [0.3, 0.4) is 0 Å². The van der Waals surface area contributed by atoms with Gasteiger partial charge in [-0.1, -0.05) is 21.1 Å². The van der Waals surface area contributed by atoms with Crippen LogP contribution >= 0.6 is 38.5 Å². The molecule has 2 aromatic rings. The number of nitrogens with zero attached hydrogens (tertiary/aromatic N) is 2. The minimum Gasteiger partial charge on any atom is -0.334 e. The lowest BCUT2D eigenvalue weighted by atomic mass is 9.98. The molecule has 0 atom stereocenters. The Hall–Kier alpha value is -0.470. The van der Waals surface area contributed by atoms with E-state index in [0.717, 1.165) is 45.4 Å². The lowest BCUT2D eigenvalue weighted by Gasteiger charge is -2.18. The number of nitrogens with one attached hydrogen (secondary N) is 1. The van der Waals surface area contributed by atoms with E-state index >= 15 is 0 Å². The molecular weight excluding hydrogens is 421 g/mol. The Balaban J connectivity index is 1.89. The van der Waals surface area contributed by atoms with Gasteiger partial charge in [-0.15, -0.1) is 0 Å². The molecule has 0 aliphatic carbocycles. The van der Waals surface area contributed by atoms with Gasteiger partial charge in [0.1, 0.15) is 0 Å². The van der Waals surface area contributed by atoms with E-state index in [0.29, 0.717) is 11.8 Å². The summed E-state index contributed by atoms with van der Waals surface area (Å²) in [5.74, 6) is 1.87. The van der Waals surface area contributed by atoms with Gasteiger partial charge in [-0.2, -0.15) is 4.98 Å². The van der Waals surface area contributed by atoms with Crippen LogP contribution in [0.2, 0.25) is 0 Å². The fourth-order valence-electron chi connectivity index (χ4n) is 2.25. The molecule has 2 heterocycles. The third-order valence-electron chi connectivity index (χ3n) is 3.30. The van der Waals surface area contributed by atoms with E-state index in [4.69, 9.17) is 4.52 Å². The van der Waals surface area contributed by atoms with Gasteiger partial charge in [-0.25, -0.2) is 0 Å². The van der Waals surface area contributed by atoms with Gasteiger partial charge in [0.15, 0.2) is 5.82 Å². The summed E-state index contributed by atoms with van der Waals surface area (Å²) in [7, 11) is 0. The molecule has 4 nitrogen and oxygen atoms in total. The highest BCUT2D eigenvalue weighted by Gasteiger charge is 2.21. The highest BCUT2D eigenvalue weighted by atomic mass is 127. The number of aromatic nitrogens is 2. The van der Waals surface area contributed by atoms with Crippen LogP contribution in [0.15, 0.2) is 27.2 Å². The van der Waals surface area contributed by atoms with Gasteiger partial charge in [0, 0.05) is 14.0 Å². The fraction of sp³-hybridized carbons (Fsp3) is 0.385. The minimum absolute atomic E-state index is 0.420. The number of rotatable bonds is 2. The standard InChI is InChI=1S/C13H13BrIN3O/c14-9-1-2-11(15)10(7-9)13-17-12(18-19-13)8-3-5-16-6-4-8/h1-2,7-8,16H,3-6H2. The number of halogens is 2. The first-order chi connectivity index (χ1) is 9.24. The SMILES string of the molecule is Brc1ccc(I)c(-c2nc(C3CCNCC3)no2)c1. The third-order valence-corrected chi connectivity index (χ3v) is 4.74. The molecule has 3 rings (SSSR count). The van der Waals surface area contributed by atoms with Crippen molar-refractivity contribution in [2.75, 3.05) is 13.1 Å². The zero-order valence-corrected chi connectivity index (χ0v) is 13.9. The lowest BCUT2D eigenvalue weighted by molar-refractivity contribution is 0.392. The Morgan fingerprint density at radius 2 is 2.11 bits per heavy atom. The van der Waals surface area contributed by atoms with E-state index in [9.17, 15) is 0 Å². The maximum Gasteiger partial charge on any atom is 0.259 e. The molecule has 1 aliphatic rings. The zero-order valence-electron chi connectivity index (χ0n) is 10.2. The minimum atomic E-state index is 0.420. The van der Waals surface area contributed by atoms with Crippen LogP contribution in [0.5, 0.6) is 0 Å². The maximum absolute atomic E-state index is 5.43. The summed E-state index contributed by atoms with van der Waals surface area (Å²) in [4.78, 5) is 4.57. The van der Waals surface area contributed by atoms with Crippen molar-refractivity contribution in [2.45, 2.75) is 18.8 Å². The van der Waals surface area contributed by atoms with E-state index in [1.165, 1.54) is 0 Å². The van der Waals surface area contributed by atoms with Gasteiger partial charge in [0.05, 0.1) is 5.56 Å². The number of piperidine rings is 1. The molecule has 1 fully saturated rings. The molecule has 0 unspecified atom stereocenters. The largest absolute Gasteiger partial charge is 0.334 e. The molecular formula is C13H13BrIN3O. The van der Waals surface area contributed by atoms with Gasteiger partial charge in [0.2, 0.25) is 0 Å². The molecule has 1 saturated heterocycles. The second-order valence-corrected chi connectivity index (χ2v) is 6.68. The summed E-state index contributed by atoms with van der Waals surface area (Å²) in [5, 5.41) is 7.50. The molecule has 6 heteroatoms. The lowest BCUT2D eigenvalue weighted by Crippen LogP contribution is -2.27. The van der Waals surface area contributed by atoms with Crippen LogP contribution < -0.4 is 5.32 Å². The first kappa shape index (κ1) is 13.5. The van der Waals surface area contributed by atoms with Crippen molar-refractivity contribution in [3.05, 3.63) is 32.1 Å². The third kappa shape index (κ3) is 3.00. The van der Waals surface area contributed by atoms with Crippen LogP contribution in [0.4, 0.5) is 0 Å². The van der Waals surface area contributed by atoms with Crippen LogP contribution in [0, 0.1) is 3.57 Å². The monoisotopic (exact) mass is 433 g/mol. The van der Waals surface area contributed by atoms with Gasteiger partial charge in [-0.3, -0.25) is 0 Å². The van der Waals surface area contributed by atoms with E-state index in [1.54, 1.807) is 0 Å². The van der Waals surface area contributed by atoms with Gasteiger partial charge < -0.3 is 9.84 Å². The molecule has 0 saturated carbocycles. The Labute approximate surface area is 133 Å². The van der Waals surface area contributed by atoms with Crippen molar-refractivity contribution >= 4 is 38.5 Å². The van der Waals surface area contributed by atoms with Crippen molar-refractivity contribution in [3.8, 4) is 11.5 Å². The van der Waals surface area contributed by atoms with E-state index in [-0.39, 0.29) is 0 Å². The maximum atomic E-state index is 5.43. The smallest absolute Gasteiger partial charge is 0.259 e. The van der Waals surface area contributed by atoms with Gasteiger partial charge >= 0.3 is 0 Å². The van der Waals surface area contributed by atoms with Gasteiger partial charge in [0.25, 0.3) is 5.89 Å². The topological polar surface area (TPSA) is 51.0 Å². The number of hydrogen-bond acceptors (Lipinski definition) is 4. The molecule has 1 aromatic carbocycles. The summed E-state index contributed by atoms with van der Waals surface area (Å²) in [6, 6.07) is 6.06.